The summed E-state index contributed by atoms with van der Waals surface area (Å²) in [5.74, 6) is 6.46. The van der Waals surface area contributed by atoms with Gasteiger partial charge in [0.1, 0.15) is 11.4 Å². The lowest BCUT2D eigenvalue weighted by Gasteiger charge is -2.20. The van der Waals surface area contributed by atoms with Gasteiger partial charge in [-0.1, -0.05) is 23.8 Å². The van der Waals surface area contributed by atoms with Crippen LogP contribution in [-0.2, 0) is 0 Å². The Hall–Kier alpha value is -1.91. The van der Waals surface area contributed by atoms with Crippen LogP contribution in [0.4, 0.5) is 0 Å². The first-order valence-corrected chi connectivity index (χ1v) is 6.19. The van der Waals surface area contributed by atoms with E-state index in [-0.39, 0.29) is 6.04 Å². The van der Waals surface area contributed by atoms with Crippen LogP contribution in [-0.4, -0.2) is 12.1 Å². The van der Waals surface area contributed by atoms with E-state index in [1.165, 1.54) is 11.1 Å². The van der Waals surface area contributed by atoms with Crippen molar-refractivity contribution in [3.05, 3.63) is 58.9 Å². The number of nitrogens with two attached hydrogens (primary N) is 1. The number of nitrogens with zero attached hydrogens (tertiary/aromatic N) is 1. The molecule has 3 N–H and O–H groups in total. The Kier molecular flexibility index (Phi) is 4.14. The summed E-state index contributed by atoms with van der Waals surface area (Å²) in [7, 11) is 1.64. The van der Waals surface area contributed by atoms with E-state index in [1.807, 2.05) is 12.1 Å². The first-order chi connectivity index (χ1) is 9.17. The molecule has 4 heteroatoms. The van der Waals surface area contributed by atoms with E-state index in [2.05, 4.69) is 42.5 Å². The maximum absolute atomic E-state index is 5.73. The Balaban J connectivity index is 2.53. The summed E-state index contributed by atoms with van der Waals surface area (Å²) in [5, 5.41) is 0. The molecular weight excluding hydrogens is 238 g/mol. The maximum Gasteiger partial charge on any atom is 0.142 e. The number of ether oxygens (including phenoxy) is 1. The zero-order chi connectivity index (χ0) is 13.8. The molecule has 0 spiro atoms. The first kappa shape index (κ1) is 13.5. The third kappa shape index (κ3) is 2.75. The average Bonchev–Trinajstić information content (AvgIpc) is 2.44. The number of rotatable bonds is 4. The predicted octanol–water partition coefficient (Wildman–Crippen LogP) is 2.26. The van der Waals surface area contributed by atoms with Crippen LogP contribution in [0.2, 0.25) is 0 Å². The van der Waals surface area contributed by atoms with Gasteiger partial charge in [0.15, 0.2) is 0 Å². The molecule has 1 aromatic carbocycles. The minimum absolute atomic E-state index is 0.184. The summed E-state index contributed by atoms with van der Waals surface area (Å²) in [5.41, 5.74) is 7.10. The van der Waals surface area contributed by atoms with Crippen molar-refractivity contribution in [3.8, 4) is 5.75 Å². The molecule has 100 valence electrons. The van der Waals surface area contributed by atoms with Crippen LogP contribution in [0.15, 0.2) is 36.5 Å². The quantitative estimate of drug-likeness (QED) is 0.651. The van der Waals surface area contributed by atoms with Gasteiger partial charge < -0.3 is 4.74 Å². The second-order valence-corrected chi connectivity index (χ2v) is 4.55. The Bertz CT molecular complexity index is 569. The number of hydrogen-bond donors (Lipinski definition) is 2. The van der Waals surface area contributed by atoms with Gasteiger partial charge in [0.25, 0.3) is 0 Å². The number of benzene rings is 1. The van der Waals surface area contributed by atoms with Gasteiger partial charge in [-0.3, -0.25) is 10.8 Å². The van der Waals surface area contributed by atoms with Gasteiger partial charge in [-0.05, 0) is 37.1 Å². The van der Waals surface area contributed by atoms with Gasteiger partial charge in [-0.2, -0.15) is 0 Å². The zero-order valence-corrected chi connectivity index (χ0v) is 11.5. The SMILES string of the molecule is COc1cccnc1C(NN)c1cc(C)ccc1C. The van der Waals surface area contributed by atoms with Gasteiger partial charge in [0.05, 0.1) is 13.2 Å². The fourth-order valence-corrected chi connectivity index (χ4v) is 2.18. The van der Waals surface area contributed by atoms with Crippen molar-refractivity contribution in [3.63, 3.8) is 0 Å². The zero-order valence-electron chi connectivity index (χ0n) is 11.5. The Morgan fingerprint density at radius 2 is 2.05 bits per heavy atom. The fraction of sp³-hybridized carbons (Fsp3) is 0.267. The van der Waals surface area contributed by atoms with Crippen LogP contribution in [0.3, 0.4) is 0 Å². The fourth-order valence-electron chi connectivity index (χ4n) is 2.18. The molecular formula is C15H19N3O. The van der Waals surface area contributed by atoms with Gasteiger partial charge >= 0.3 is 0 Å². The van der Waals surface area contributed by atoms with Crippen LogP contribution >= 0.6 is 0 Å². The molecule has 0 bridgehead atoms. The van der Waals surface area contributed by atoms with E-state index in [0.717, 1.165) is 17.0 Å². The van der Waals surface area contributed by atoms with Crippen molar-refractivity contribution in [1.82, 2.24) is 10.4 Å². The molecule has 1 atom stereocenters. The van der Waals surface area contributed by atoms with Crippen molar-refractivity contribution >= 4 is 0 Å². The Labute approximate surface area is 113 Å². The number of aryl methyl sites for hydroxylation is 2. The normalized spacial score (nSPS) is 12.2. The lowest BCUT2D eigenvalue weighted by Crippen LogP contribution is -2.30. The molecule has 2 aromatic rings. The van der Waals surface area contributed by atoms with Crippen LogP contribution < -0.4 is 16.0 Å². The first-order valence-electron chi connectivity index (χ1n) is 6.19. The largest absolute Gasteiger partial charge is 0.495 e. The van der Waals surface area contributed by atoms with Gasteiger partial charge in [-0.25, -0.2) is 5.43 Å². The van der Waals surface area contributed by atoms with Gasteiger partial charge in [0, 0.05) is 6.20 Å². The monoisotopic (exact) mass is 257 g/mol. The van der Waals surface area contributed by atoms with Crippen molar-refractivity contribution in [2.45, 2.75) is 19.9 Å². The van der Waals surface area contributed by atoms with Crippen LogP contribution in [0.1, 0.15) is 28.4 Å². The van der Waals surface area contributed by atoms with Crippen LogP contribution in [0, 0.1) is 13.8 Å². The molecule has 0 fully saturated rings. The van der Waals surface area contributed by atoms with Gasteiger partial charge in [0.2, 0.25) is 0 Å². The topological polar surface area (TPSA) is 60.2 Å². The molecule has 0 aliphatic carbocycles. The van der Waals surface area contributed by atoms with E-state index >= 15 is 0 Å². The summed E-state index contributed by atoms with van der Waals surface area (Å²) >= 11 is 0. The molecule has 0 radical (unpaired) electrons. The molecule has 0 saturated carbocycles. The summed E-state index contributed by atoms with van der Waals surface area (Å²) in [6.45, 7) is 4.13. The molecule has 2 rings (SSSR count). The van der Waals surface area contributed by atoms with E-state index < -0.39 is 0 Å². The second kappa shape index (κ2) is 5.82. The van der Waals surface area contributed by atoms with Crippen molar-refractivity contribution in [2.75, 3.05) is 7.11 Å². The van der Waals surface area contributed by atoms with Crippen LogP contribution in [0.5, 0.6) is 5.75 Å². The van der Waals surface area contributed by atoms with E-state index in [9.17, 15) is 0 Å². The van der Waals surface area contributed by atoms with E-state index in [4.69, 9.17) is 10.6 Å². The second-order valence-electron chi connectivity index (χ2n) is 4.55. The highest BCUT2D eigenvalue weighted by Gasteiger charge is 2.19. The molecule has 19 heavy (non-hydrogen) atoms. The number of methoxy groups -OCH3 is 1. The number of hydrogen-bond acceptors (Lipinski definition) is 4. The van der Waals surface area contributed by atoms with Crippen molar-refractivity contribution in [1.29, 1.82) is 0 Å². The third-order valence-corrected chi connectivity index (χ3v) is 3.21. The summed E-state index contributed by atoms with van der Waals surface area (Å²) in [6.07, 6.45) is 1.74. The van der Waals surface area contributed by atoms with Crippen molar-refractivity contribution in [2.24, 2.45) is 5.84 Å². The molecule has 0 aliphatic rings. The Morgan fingerprint density at radius 3 is 2.74 bits per heavy atom. The predicted molar refractivity (Wildman–Crippen MR) is 75.9 cm³/mol. The summed E-state index contributed by atoms with van der Waals surface area (Å²) < 4.78 is 5.36. The summed E-state index contributed by atoms with van der Waals surface area (Å²) in [4.78, 5) is 4.40. The smallest absolute Gasteiger partial charge is 0.142 e. The van der Waals surface area contributed by atoms with E-state index in [0.29, 0.717) is 0 Å². The number of aromatic nitrogens is 1. The highest BCUT2D eigenvalue weighted by atomic mass is 16.5. The maximum atomic E-state index is 5.73. The standard InChI is InChI=1S/C15H19N3O/c1-10-6-7-11(2)12(9-10)14(18-16)15-13(19-3)5-4-8-17-15/h4-9,14,18H,16H2,1-3H3. The van der Waals surface area contributed by atoms with E-state index in [1.54, 1.807) is 13.3 Å². The minimum atomic E-state index is -0.184. The average molecular weight is 257 g/mol. The Morgan fingerprint density at radius 1 is 1.26 bits per heavy atom. The molecule has 1 aromatic heterocycles. The van der Waals surface area contributed by atoms with Gasteiger partial charge in [-0.15, -0.1) is 0 Å². The number of hydrazine groups is 1. The number of pyridine rings is 1. The number of nitrogens with one attached hydrogen (secondary N) is 1. The molecule has 1 heterocycles. The molecule has 4 nitrogen and oxygen atoms in total. The third-order valence-electron chi connectivity index (χ3n) is 3.21. The van der Waals surface area contributed by atoms with Crippen molar-refractivity contribution < 1.29 is 4.74 Å². The lowest BCUT2D eigenvalue weighted by molar-refractivity contribution is 0.400. The molecule has 0 amide bonds. The highest BCUT2D eigenvalue weighted by Crippen LogP contribution is 2.29. The summed E-state index contributed by atoms with van der Waals surface area (Å²) in [6, 6.07) is 9.84. The molecule has 1 unspecified atom stereocenters. The lowest BCUT2D eigenvalue weighted by atomic mass is 9.96. The molecule has 0 saturated heterocycles. The minimum Gasteiger partial charge on any atom is -0.495 e. The van der Waals surface area contributed by atoms with Crippen LogP contribution in [0.25, 0.3) is 0 Å². The highest BCUT2D eigenvalue weighted by molar-refractivity contribution is 5.41. The molecule has 0 aliphatic heterocycles.